The van der Waals surface area contributed by atoms with E-state index in [0.29, 0.717) is 10.8 Å². The van der Waals surface area contributed by atoms with Gasteiger partial charge in [0.05, 0.1) is 5.56 Å². The van der Waals surface area contributed by atoms with Gasteiger partial charge in [-0.15, -0.1) is 0 Å². The summed E-state index contributed by atoms with van der Waals surface area (Å²) in [4.78, 5) is 12.0. The van der Waals surface area contributed by atoms with Gasteiger partial charge in [0, 0.05) is 12.1 Å². The van der Waals surface area contributed by atoms with Crippen LogP contribution in [-0.4, -0.2) is 12.9 Å². The summed E-state index contributed by atoms with van der Waals surface area (Å²) in [5.74, 6) is -0.613. The third-order valence-corrected chi connectivity index (χ3v) is 2.58. The van der Waals surface area contributed by atoms with Gasteiger partial charge < -0.3 is 9.15 Å². The highest BCUT2D eigenvalue weighted by Crippen LogP contribution is 2.20. The zero-order chi connectivity index (χ0) is 13.1. The maximum atomic E-state index is 13.5. The number of rotatable bonds is 4. The van der Waals surface area contributed by atoms with Crippen molar-refractivity contribution in [3.63, 3.8) is 0 Å². The van der Waals surface area contributed by atoms with Crippen LogP contribution in [0.1, 0.15) is 21.9 Å². The minimum atomic E-state index is -0.630. The molecule has 0 bridgehead atoms. The van der Waals surface area contributed by atoms with E-state index >= 15 is 0 Å². The Morgan fingerprint density at radius 1 is 1.39 bits per heavy atom. The SMILES string of the molecule is COCc1ccc(C(=O)c2cc(Cl)ccc2F)o1. The van der Waals surface area contributed by atoms with Crippen molar-refractivity contribution in [2.24, 2.45) is 0 Å². The quantitative estimate of drug-likeness (QED) is 0.797. The van der Waals surface area contributed by atoms with Crippen molar-refractivity contribution in [3.8, 4) is 0 Å². The van der Waals surface area contributed by atoms with Gasteiger partial charge in [0.2, 0.25) is 5.78 Å². The number of ether oxygens (including phenoxy) is 1. The number of methoxy groups -OCH3 is 1. The van der Waals surface area contributed by atoms with Crippen molar-refractivity contribution >= 4 is 17.4 Å². The Morgan fingerprint density at radius 3 is 2.89 bits per heavy atom. The molecule has 0 atom stereocenters. The van der Waals surface area contributed by atoms with Crippen molar-refractivity contribution in [2.75, 3.05) is 7.11 Å². The summed E-state index contributed by atoms with van der Waals surface area (Å²) in [6.07, 6.45) is 0. The van der Waals surface area contributed by atoms with E-state index in [0.717, 1.165) is 6.07 Å². The fraction of sp³-hybridized carbons (Fsp3) is 0.154. The Kier molecular flexibility index (Phi) is 3.79. The molecule has 3 nitrogen and oxygen atoms in total. The van der Waals surface area contributed by atoms with Crippen LogP contribution in [0.4, 0.5) is 4.39 Å². The molecule has 0 aliphatic heterocycles. The van der Waals surface area contributed by atoms with Gasteiger partial charge in [0.1, 0.15) is 18.2 Å². The summed E-state index contributed by atoms with van der Waals surface area (Å²) >= 11 is 5.73. The summed E-state index contributed by atoms with van der Waals surface area (Å²) in [6.45, 7) is 0.255. The first-order valence-corrected chi connectivity index (χ1v) is 5.57. The van der Waals surface area contributed by atoms with Crippen LogP contribution < -0.4 is 0 Å². The van der Waals surface area contributed by atoms with Crippen molar-refractivity contribution in [3.05, 3.63) is 58.3 Å². The predicted octanol–water partition coefficient (Wildman–Crippen LogP) is 3.45. The van der Waals surface area contributed by atoms with Gasteiger partial charge in [-0.2, -0.15) is 0 Å². The van der Waals surface area contributed by atoms with Gasteiger partial charge in [0.15, 0.2) is 5.76 Å². The number of halogens is 2. The Hall–Kier alpha value is -1.65. The summed E-state index contributed by atoms with van der Waals surface area (Å²) in [5.41, 5.74) is -0.110. The van der Waals surface area contributed by atoms with Gasteiger partial charge >= 0.3 is 0 Å². The second-order valence-corrected chi connectivity index (χ2v) is 4.09. The van der Waals surface area contributed by atoms with Crippen LogP contribution in [0.2, 0.25) is 5.02 Å². The molecule has 0 saturated heterocycles. The van der Waals surface area contributed by atoms with Gasteiger partial charge in [0.25, 0.3) is 0 Å². The Bertz CT molecular complexity index is 577. The second-order valence-electron chi connectivity index (χ2n) is 3.65. The molecule has 0 amide bonds. The number of ketones is 1. The second kappa shape index (κ2) is 5.33. The van der Waals surface area contributed by atoms with Gasteiger partial charge in [-0.05, 0) is 30.3 Å². The molecule has 5 heteroatoms. The molecular weight excluding hydrogens is 259 g/mol. The van der Waals surface area contributed by atoms with Gasteiger partial charge in [-0.3, -0.25) is 4.79 Å². The molecule has 0 saturated carbocycles. The van der Waals surface area contributed by atoms with E-state index in [1.165, 1.54) is 25.3 Å². The molecule has 18 heavy (non-hydrogen) atoms. The molecule has 1 heterocycles. The Balaban J connectivity index is 2.32. The number of hydrogen-bond donors (Lipinski definition) is 0. The molecular formula is C13H10ClFO3. The fourth-order valence-corrected chi connectivity index (χ4v) is 1.70. The first kappa shape index (κ1) is 12.8. The fourth-order valence-electron chi connectivity index (χ4n) is 1.52. The number of benzene rings is 1. The van der Waals surface area contributed by atoms with E-state index in [1.54, 1.807) is 6.07 Å². The lowest BCUT2D eigenvalue weighted by atomic mass is 10.1. The highest BCUT2D eigenvalue weighted by molar-refractivity contribution is 6.31. The topological polar surface area (TPSA) is 39.4 Å². The molecule has 2 rings (SSSR count). The summed E-state index contributed by atoms with van der Waals surface area (Å²) in [6, 6.07) is 6.90. The smallest absolute Gasteiger partial charge is 0.231 e. The van der Waals surface area contributed by atoms with Gasteiger partial charge in [-0.1, -0.05) is 11.6 Å². The molecule has 0 aliphatic rings. The van der Waals surface area contributed by atoms with Crippen LogP contribution >= 0.6 is 11.6 Å². The van der Waals surface area contributed by atoms with E-state index < -0.39 is 11.6 Å². The minimum absolute atomic E-state index is 0.0585. The molecule has 2 aromatic rings. The van der Waals surface area contributed by atoms with Crippen molar-refractivity contribution in [1.82, 2.24) is 0 Å². The molecule has 94 valence electrons. The van der Waals surface area contributed by atoms with E-state index in [9.17, 15) is 9.18 Å². The first-order chi connectivity index (χ1) is 8.61. The highest BCUT2D eigenvalue weighted by Gasteiger charge is 2.18. The molecule has 0 spiro atoms. The molecule has 0 fully saturated rings. The zero-order valence-corrected chi connectivity index (χ0v) is 10.3. The van der Waals surface area contributed by atoms with Gasteiger partial charge in [-0.25, -0.2) is 4.39 Å². The van der Waals surface area contributed by atoms with E-state index in [2.05, 4.69) is 0 Å². The monoisotopic (exact) mass is 268 g/mol. The molecule has 0 radical (unpaired) electrons. The lowest BCUT2D eigenvalue weighted by Crippen LogP contribution is -2.03. The standard InChI is InChI=1S/C13H10ClFO3/c1-17-7-9-3-5-12(18-9)13(16)10-6-8(14)2-4-11(10)15/h2-6H,7H2,1H3. The number of carbonyl (C=O) groups is 1. The maximum Gasteiger partial charge on any atom is 0.231 e. The summed E-state index contributed by atoms with van der Waals surface area (Å²) < 4.78 is 23.6. The molecule has 1 aromatic heterocycles. The lowest BCUT2D eigenvalue weighted by molar-refractivity contribution is 0.0996. The highest BCUT2D eigenvalue weighted by atomic mass is 35.5. The van der Waals surface area contributed by atoms with Crippen molar-refractivity contribution < 1.29 is 18.3 Å². The van der Waals surface area contributed by atoms with Crippen molar-refractivity contribution in [1.29, 1.82) is 0 Å². The Morgan fingerprint density at radius 2 is 2.17 bits per heavy atom. The third kappa shape index (κ3) is 2.60. The van der Waals surface area contributed by atoms with E-state index in [-0.39, 0.29) is 17.9 Å². The first-order valence-electron chi connectivity index (χ1n) is 5.19. The molecule has 0 unspecified atom stereocenters. The van der Waals surface area contributed by atoms with E-state index in [4.69, 9.17) is 20.8 Å². The third-order valence-electron chi connectivity index (χ3n) is 2.35. The van der Waals surface area contributed by atoms with Crippen LogP contribution in [0.3, 0.4) is 0 Å². The van der Waals surface area contributed by atoms with Crippen molar-refractivity contribution in [2.45, 2.75) is 6.61 Å². The van der Waals surface area contributed by atoms with Crippen LogP contribution in [0.5, 0.6) is 0 Å². The summed E-state index contributed by atoms with van der Waals surface area (Å²) in [7, 11) is 1.51. The average Bonchev–Trinajstić information content (AvgIpc) is 2.80. The zero-order valence-electron chi connectivity index (χ0n) is 9.57. The van der Waals surface area contributed by atoms with Crippen LogP contribution in [0.25, 0.3) is 0 Å². The molecule has 1 aromatic carbocycles. The number of furan rings is 1. The molecule has 0 aliphatic carbocycles. The summed E-state index contributed by atoms with van der Waals surface area (Å²) in [5, 5.41) is 0.295. The largest absolute Gasteiger partial charge is 0.455 e. The Labute approximate surface area is 108 Å². The number of carbonyl (C=O) groups excluding carboxylic acids is 1. The number of hydrogen-bond acceptors (Lipinski definition) is 3. The van der Waals surface area contributed by atoms with Crippen LogP contribution in [0.15, 0.2) is 34.7 Å². The average molecular weight is 269 g/mol. The van der Waals surface area contributed by atoms with E-state index in [1.807, 2.05) is 0 Å². The van der Waals surface area contributed by atoms with Crippen LogP contribution in [-0.2, 0) is 11.3 Å². The maximum absolute atomic E-state index is 13.5. The minimum Gasteiger partial charge on any atom is -0.455 e. The lowest BCUT2D eigenvalue weighted by Gasteiger charge is -2.00. The normalized spacial score (nSPS) is 10.6. The molecule has 0 N–H and O–H groups in total. The van der Waals surface area contributed by atoms with Crippen LogP contribution in [0, 0.1) is 5.82 Å². The predicted molar refractivity (Wildman–Crippen MR) is 64.3 cm³/mol.